The Morgan fingerprint density at radius 3 is 2.30 bits per heavy atom. The third-order valence-electron chi connectivity index (χ3n) is 6.24. The lowest BCUT2D eigenvalue weighted by molar-refractivity contribution is 0.459. The molecule has 0 atom stereocenters. The van der Waals surface area contributed by atoms with Crippen molar-refractivity contribution in [2.45, 2.75) is 57.8 Å². The van der Waals surface area contributed by atoms with Crippen LogP contribution in [0.25, 0.3) is 22.1 Å². The second-order valence-electron chi connectivity index (χ2n) is 8.78. The van der Waals surface area contributed by atoms with Gasteiger partial charge in [-0.15, -0.1) is 0 Å². The zero-order valence-corrected chi connectivity index (χ0v) is 20.7. The van der Waals surface area contributed by atoms with Crippen molar-refractivity contribution >= 4 is 26.9 Å². The molecule has 1 aromatic heterocycles. The lowest BCUT2D eigenvalue weighted by Crippen LogP contribution is -2.12. The van der Waals surface area contributed by atoms with Gasteiger partial charge in [0.1, 0.15) is 11.8 Å². The van der Waals surface area contributed by atoms with Crippen LogP contribution in [0.3, 0.4) is 0 Å². The summed E-state index contributed by atoms with van der Waals surface area (Å²) < 4.78 is 6.84. The fourth-order valence-corrected chi connectivity index (χ4v) is 4.60. The first-order valence-electron chi connectivity index (χ1n) is 12.1. The normalized spacial score (nSPS) is 13.2. The molecule has 0 amide bonds. The molecule has 0 spiro atoms. The van der Waals surface area contributed by atoms with Crippen molar-refractivity contribution in [1.82, 2.24) is 4.90 Å². The highest BCUT2D eigenvalue weighted by molar-refractivity contribution is 9.10. The molecule has 0 saturated heterocycles. The maximum Gasteiger partial charge on any atom is 0.200 e. The van der Waals surface area contributed by atoms with Gasteiger partial charge in [0.2, 0.25) is 0 Å². The van der Waals surface area contributed by atoms with E-state index in [1.165, 1.54) is 50.5 Å². The summed E-state index contributed by atoms with van der Waals surface area (Å²) in [6.07, 6.45) is 21.4. The van der Waals surface area contributed by atoms with Gasteiger partial charge in [0.05, 0.1) is 10.9 Å². The van der Waals surface area contributed by atoms with Crippen LogP contribution in [0.5, 0.6) is 0 Å². The van der Waals surface area contributed by atoms with Crippen LogP contribution in [0.4, 0.5) is 0 Å². The standard InChI is InChI=1S/C29H32BrNO2/c30-25-15-13-24(14-16-25)27-22-33-28-21-23(12-17-26(28)29(27)32)11-7-4-2-1-3-5-8-18-31-19-9-6-10-20-31/h9-10,12-17,19-22H,1-8,11,18H2. The zero-order valence-electron chi connectivity index (χ0n) is 19.1. The average molecular weight is 506 g/mol. The number of hydrogen-bond donors (Lipinski definition) is 0. The molecule has 3 aromatic rings. The van der Waals surface area contributed by atoms with Crippen LogP contribution < -0.4 is 5.43 Å². The molecule has 172 valence electrons. The highest BCUT2D eigenvalue weighted by Crippen LogP contribution is 2.23. The van der Waals surface area contributed by atoms with Gasteiger partial charge in [-0.3, -0.25) is 4.79 Å². The van der Waals surface area contributed by atoms with E-state index in [1.54, 1.807) is 6.26 Å². The molecule has 2 heterocycles. The zero-order chi connectivity index (χ0) is 22.9. The smallest absolute Gasteiger partial charge is 0.200 e. The third-order valence-corrected chi connectivity index (χ3v) is 6.77. The van der Waals surface area contributed by atoms with Crippen LogP contribution in [0.1, 0.15) is 56.9 Å². The fraction of sp³-hybridized carbons (Fsp3) is 0.345. The Morgan fingerprint density at radius 2 is 1.55 bits per heavy atom. The number of unbranched alkanes of at least 4 members (excludes halogenated alkanes) is 6. The Hall–Kier alpha value is -2.59. The summed E-state index contributed by atoms with van der Waals surface area (Å²) in [6.45, 7) is 1.13. The number of fused-ring (bicyclic) bond motifs is 1. The topological polar surface area (TPSA) is 33.5 Å². The molecule has 0 N–H and O–H groups in total. The van der Waals surface area contributed by atoms with Crippen LogP contribution in [-0.2, 0) is 6.42 Å². The second kappa shape index (κ2) is 12.0. The number of allylic oxidation sites excluding steroid dienone is 2. The fourth-order valence-electron chi connectivity index (χ4n) is 4.33. The van der Waals surface area contributed by atoms with Crippen molar-refractivity contribution in [2.24, 2.45) is 0 Å². The second-order valence-corrected chi connectivity index (χ2v) is 9.70. The molecule has 4 rings (SSSR count). The summed E-state index contributed by atoms with van der Waals surface area (Å²) in [6, 6.07) is 13.8. The summed E-state index contributed by atoms with van der Waals surface area (Å²) in [4.78, 5) is 15.2. The van der Waals surface area contributed by atoms with Gasteiger partial charge in [-0.05, 0) is 73.5 Å². The van der Waals surface area contributed by atoms with Crippen molar-refractivity contribution in [1.29, 1.82) is 0 Å². The molecule has 1 aliphatic rings. The molecule has 0 saturated carbocycles. The molecule has 0 radical (unpaired) electrons. The van der Waals surface area contributed by atoms with E-state index in [-0.39, 0.29) is 5.43 Å². The van der Waals surface area contributed by atoms with Crippen molar-refractivity contribution in [3.63, 3.8) is 0 Å². The van der Waals surface area contributed by atoms with Crippen molar-refractivity contribution < 1.29 is 4.42 Å². The lowest BCUT2D eigenvalue weighted by Gasteiger charge is -2.17. The Morgan fingerprint density at radius 1 is 0.848 bits per heavy atom. The molecule has 3 nitrogen and oxygen atoms in total. The van der Waals surface area contributed by atoms with Crippen molar-refractivity contribution in [3.8, 4) is 11.1 Å². The van der Waals surface area contributed by atoms with Crippen molar-refractivity contribution in [3.05, 3.63) is 93.5 Å². The molecule has 1 aliphatic heterocycles. The number of halogens is 1. The van der Waals surface area contributed by atoms with Gasteiger partial charge in [0, 0.05) is 11.0 Å². The van der Waals surface area contributed by atoms with Gasteiger partial charge in [0.15, 0.2) is 5.43 Å². The molecular weight excluding hydrogens is 474 g/mol. The van der Waals surface area contributed by atoms with Crippen LogP contribution in [-0.4, -0.2) is 11.4 Å². The van der Waals surface area contributed by atoms with E-state index in [9.17, 15) is 4.79 Å². The number of aryl methyl sites for hydroxylation is 1. The average Bonchev–Trinajstić information content (AvgIpc) is 2.84. The highest BCUT2D eigenvalue weighted by atomic mass is 79.9. The van der Waals surface area contributed by atoms with Gasteiger partial charge in [-0.1, -0.05) is 78.4 Å². The minimum Gasteiger partial charge on any atom is -0.463 e. The number of rotatable bonds is 11. The van der Waals surface area contributed by atoms with Crippen LogP contribution in [0.15, 0.2) is 87.0 Å². The Balaban J connectivity index is 1.19. The highest BCUT2D eigenvalue weighted by Gasteiger charge is 2.10. The summed E-state index contributed by atoms with van der Waals surface area (Å²) in [5, 5.41) is 0.648. The van der Waals surface area contributed by atoms with Gasteiger partial charge in [0.25, 0.3) is 0 Å². The molecule has 0 fully saturated rings. The first-order chi connectivity index (χ1) is 16.2. The maximum atomic E-state index is 12.9. The van der Waals surface area contributed by atoms with E-state index < -0.39 is 0 Å². The summed E-state index contributed by atoms with van der Waals surface area (Å²) in [5.41, 5.74) is 3.42. The summed E-state index contributed by atoms with van der Waals surface area (Å²) >= 11 is 3.43. The first kappa shape index (κ1) is 23.6. The monoisotopic (exact) mass is 505 g/mol. The Bertz CT molecular complexity index is 1150. The van der Waals surface area contributed by atoms with E-state index in [0.29, 0.717) is 16.5 Å². The van der Waals surface area contributed by atoms with E-state index >= 15 is 0 Å². The molecule has 33 heavy (non-hydrogen) atoms. The predicted octanol–water partition coefficient (Wildman–Crippen LogP) is 8.23. The largest absolute Gasteiger partial charge is 0.463 e. The summed E-state index contributed by atoms with van der Waals surface area (Å²) in [5.74, 6) is 0. The maximum absolute atomic E-state index is 12.9. The molecule has 4 heteroatoms. The van der Waals surface area contributed by atoms with Crippen LogP contribution in [0, 0.1) is 0 Å². The number of benzene rings is 2. The summed E-state index contributed by atoms with van der Waals surface area (Å²) in [7, 11) is 0. The van der Waals surface area contributed by atoms with Gasteiger partial charge < -0.3 is 9.32 Å². The third kappa shape index (κ3) is 6.70. The van der Waals surface area contributed by atoms with E-state index in [2.05, 4.69) is 51.4 Å². The molecular formula is C29H32BrNO2. The quantitative estimate of drug-likeness (QED) is 0.246. The molecule has 2 aromatic carbocycles. The SMILES string of the molecule is O=c1c(-c2ccc(Br)cc2)coc2cc(CCCCCCCCCN3C=CCC=C3)ccc12. The number of nitrogens with zero attached hydrogens (tertiary/aromatic N) is 1. The van der Waals surface area contributed by atoms with E-state index in [4.69, 9.17) is 4.42 Å². The first-order valence-corrected chi connectivity index (χ1v) is 12.9. The molecule has 0 aliphatic carbocycles. The van der Waals surface area contributed by atoms with Gasteiger partial charge in [-0.25, -0.2) is 0 Å². The van der Waals surface area contributed by atoms with Crippen LogP contribution >= 0.6 is 15.9 Å². The Labute approximate surface area is 204 Å². The predicted molar refractivity (Wildman–Crippen MR) is 141 cm³/mol. The van der Waals surface area contributed by atoms with E-state index in [1.807, 2.05) is 36.4 Å². The molecule has 0 unspecified atom stereocenters. The minimum atomic E-state index is 0.0254. The van der Waals surface area contributed by atoms with Gasteiger partial charge in [-0.2, -0.15) is 0 Å². The minimum absolute atomic E-state index is 0.0254. The van der Waals surface area contributed by atoms with E-state index in [0.717, 1.165) is 29.4 Å². The lowest BCUT2D eigenvalue weighted by atomic mass is 10.0. The molecule has 0 bridgehead atoms. The van der Waals surface area contributed by atoms with Crippen molar-refractivity contribution in [2.75, 3.05) is 6.54 Å². The number of hydrogen-bond acceptors (Lipinski definition) is 3. The Kier molecular flexibility index (Phi) is 8.59. The van der Waals surface area contributed by atoms with Crippen LogP contribution in [0.2, 0.25) is 0 Å². The van der Waals surface area contributed by atoms with Gasteiger partial charge >= 0.3 is 0 Å².